The number of aliphatic imine (C=N–C) groups is 1. The van der Waals surface area contributed by atoms with Crippen molar-refractivity contribution in [3.8, 4) is 0 Å². The Hall–Kier alpha value is -2.94. The van der Waals surface area contributed by atoms with E-state index in [1.807, 2.05) is 0 Å². The molecule has 0 unspecified atom stereocenters. The average Bonchev–Trinajstić information content (AvgIpc) is 2.57. The summed E-state index contributed by atoms with van der Waals surface area (Å²) in [5.41, 5.74) is 3.02. The standard InChI is InChI=1S/C17H10ClF5N2O2/c18-12-2-1-8(3-11(12)16(26)27)9(6-24)7-25-15-13(19)4-10(5-14(15)20)17(21,22)23/h1-7H,24H2,(H,26,27). The summed E-state index contributed by atoms with van der Waals surface area (Å²) in [6.07, 6.45) is -3.04. The Morgan fingerprint density at radius 3 is 2.22 bits per heavy atom. The molecular weight excluding hydrogens is 395 g/mol. The van der Waals surface area contributed by atoms with E-state index in [0.717, 1.165) is 18.5 Å². The second-order valence-corrected chi connectivity index (χ2v) is 5.57. The van der Waals surface area contributed by atoms with E-state index in [0.29, 0.717) is 0 Å². The summed E-state index contributed by atoms with van der Waals surface area (Å²) in [5.74, 6) is -4.34. The molecular formula is C17H10ClF5N2O2. The van der Waals surface area contributed by atoms with Gasteiger partial charge in [-0.15, -0.1) is 0 Å². The molecule has 0 spiro atoms. The van der Waals surface area contributed by atoms with E-state index in [2.05, 4.69) is 4.99 Å². The molecule has 2 rings (SSSR count). The topological polar surface area (TPSA) is 75.7 Å². The molecule has 0 saturated heterocycles. The van der Waals surface area contributed by atoms with Crippen molar-refractivity contribution in [3.05, 3.63) is 69.9 Å². The zero-order chi connectivity index (χ0) is 20.4. The summed E-state index contributed by atoms with van der Waals surface area (Å²) in [4.78, 5) is 14.6. The molecule has 0 heterocycles. The molecule has 27 heavy (non-hydrogen) atoms. The number of carbonyl (C=O) groups is 1. The van der Waals surface area contributed by atoms with Crippen molar-refractivity contribution in [2.45, 2.75) is 6.18 Å². The normalized spacial score (nSPS) is 12.6. The lowest BCUT2D eigenvalue weighted by Crippen LogP contribution is -2.06. The molecule has 0 aliphatic heterocycles. The van der Waals surface area contributed by atoms with Gasteiger partial charge >= 0.3 is 12.1 Å². The molecule has 0 fully saturated rings. The lowest BCUT2D eigenvalue weighted by Gasteiger charge is -2.09. The van der Waals surface area contributed by atoms with Gasteiger partial charge in [-0.05, 0) is 29.8 Å². The maximum absolute atomic E-state index is 13.8. The van der Waals surface area contributed by atoms with E-state index < -0.39 is 35.0 Å². The second-order valence-electron chi connectivity index (χ2n) is 5.17. The number of halogens is 6. The zero-order valence-corrected chi connectivity index (χ0v) is 13.9. The van der Waals surface area contributed by atoms with Crippen LogP contribution >= 0.6 is 11.6 Å². The van der Waals surface area contributed by atoms with Crippen LogP contribution in [0.5, 0.6) is 0 Å². The van der Waals surface area contributed by atoms with Gasteiger partial charge in [0.25, 0.3) is 0 Å². The van der Waals surface area contributed by atoms with Crippen LogP contribution in [0.15, 0.2) is 41.5 Å². The summed E-state index contributed by atoms with van der Waals surface area (Å²) in [7, 11) is 0. The Morgan fingerprint density at radius 1 is 1.15 bits per heavy atom. The second kappa shape index (κ2) is 7.75. The summed E-state index contributed by atoms with van der Waals surface area (Å²) in [6.45, 7) is 0. The van der Waals surface area contributed by atoms with Gasteiger partial charge in [0.05, 0.1) is 16.1 Å². The molecule has 2 aromatic rings. The molecule has 0 amide bonds. The highest BCUT2D eigenvalue weighted by Gasteiger charge is 2.32. The minimum Gasteiger partial charge on any atom is -0.478 e. The van der Waals surface area contributed by atoms with Gasteiger partial charge in [0, 0.05) is 18.0 Å². The monoisotopic (exact) mass is 404 g/mol. The van der Waals surface area contributed by atoms with Gasteiger partial charge in [-0.25, -0.2) is 18.6 Å². The van der Waals surface area contributed by atoms with Gasteiger partial charge in [-0.2, -0.15) is 13.2 Å². The summed E-state index contributed by atoms with van der Waals surface area (Å²) in [6, 6.07) is 4.06. The summed E-state index contributed by atoms with van der Waals surface area (Å²) in [5, 5.41) is 9.01. The average molecular weight is 405 g/mol. The largest absolute Gasteiger partial charge is 0.478 e. The fourth-order valence-corrected chi connectivity index (χ4v) is 2.27. The number of carboxylic acids is 1. The number of aromatic carboxylic acids is 1. The van der Waals surface area contributed by atoms with Crippen molar-refractivity contribution in [2.24, 2.45) is 10.7 Å². The summed E-state index contributed by atoms with van der Waals surface area (Å²) >= 11 is 5.75. The van der Waals surface area contributed by atoms with Gasteiger partial charge in [0.15, 0.2) is 11.6 Å². The molecule has 0 atom stereocenters. The highest BCUT2D eigenvalue weighted by atomic mass is 35.5. The number of alkyl halides is 3. The molecule has 142 valence electrons. The maximum Gasteiger partial charge on any atom is 0.416 e. The first kappa shape index (κ1) is 20.4. The first-order valence-electron chi connectivity index (χ1n) is 7.10. The zero-order valence-electron chi connectivity index (χ0n) is 13.2. The predicted octanol–water partition coefficient (Wildman–Crippen LogP) is 5.04. The SMILES string of the molecule is NC=C(C=Nc1c(F)cc(C(F)(F)F)cc1F)c1ccc(Cl)c(C(=O)O)c1. The van der Waals surface area contributed by atoms with Crippen molar-refractivity contribution in [3.63, 3.8) is 0 Å². The molecule has 10 heteroatoms. The van der Waals surface area contributed by atoms with E-state index in [1.165, 1.54) is 12.1 Å². The van der Waals surface area contributed by atoms with Crippen LogP contribution in [0.1, 0.15) is 21.5 Å². The highest BCUT2D eigenvalue weighted by molar-refractivity contribution is 6.33. The first-order chi connectivity index (χ1) is 12.5. The summed E-state index contributed by atoms with van der Waals surface area (Å²) < 4.78 is 65.3. The lowest BCUT2D eigenvalue weighted by molar-refractivity contribution is -0.137. The third-order valence-corrected chi connectivity index (χ3v) is 3.72. The number of nitrogens with two attached hydrogens (primary N) is 1. The molecule has 0 bridgehead atoms. The molecule has 0 aliphatic rings. The van der Waals surface area contributed by atoms with Crippen molar-refractivity contribution in [1.29, 1.82) is 0 Å². The fraction of sp³-hybridized carbons (Fsp3) is 0.0588. The van der Waals surface area contributed by atoms with Crippen LogP contribution in [-0.4, -0.2) is 17.3 Å². The predicted molar refractivity (Wildman–Crippen MR) is 90.1 cm³/mol. The van der Waals surface area contributed by atoms with Crippen LogP contribution in [-0.2, 0) is 6.18 Å². The van der Waals surface area contributed by atoms with Crippen molar-refractivity contribution < 1.29 is 31.9 Å². The van der Waals surface area contributed by atoms with E-state index in [-0.39, 0.29) is 33.9 Å². The minimum absolute atomic E-state index is 0.0422. The van der Waals surface area contributed by atoms with Crippen molar-refractivity contribution >= 4 is 35.0 Å². The Bertz CT molecular complexity index is 932. The number of hydrogen-bond donors (Lipinski definition) is 2. The van der Waals surface area contributed by atoms with E-state index in [4.69, 9.17) is 22.4 Å². The van der Waals surface area contributed by atoms with Crippen LogP contribution in [0.3, 0.4) is 0 Å². The lowest BCUT2D eigenvalue weighted by atomic mass is 10.0. The van der Waals surface area contributed by atoms with Gasteiger partial charge in [-0.3, -0.25) is 0 Å². The number of benzene rings is 2. The van der Waals surface area contributed by atoms with E-state index in [9.17, 15) is 26.7 Å². The first-order valence-corrected chi connectivity index (χ1v) is 7.47. The van der Waals surface area contributed by atoms with E-state index in [1.54, 1.807) is 0 Å². The Labute approximate surface area is 154 Å². The third kappa shape index (κ3) is 4.62. The molecule has 2 aromatic carbocycles. The van der Waals surface area contributed by atoms with Crippen LogP contribution in [0.25, 0.3) is 5.57 Å². The quantitative estimate of drug-likeness (QED) is 0.554. The highest BCUT2D eigenvalue weighted by Crippen LogP contribution is 2.34. The van der Waals surface area contributed by atoms with Gasteiger partial charge < -0.3 is 10.8 Å². The van der Waals surface area contributed by atoms with Gasteiger partial charge in [0.1, 0.15) is 5.69 Å². The number of rotatable bonds is 4. The fourth-order valence-electron chi connectivity index (χ4n) is 2.07. The van der Waals surface area contributed by atoms with Crippen molar-refractivity contribution in [1.82, 2.24) is 0 Å². The van der Waals surface area contributed by atoms with Crippen LogP contribution in [0.2, 0.25) is 5.02 Å². The smallest absolute Gasteiger partial charge is 0.416 e. The van der Waals surface area contributed by atoms with Gasteiger partial charge in [0.2, 0.25) is 0 Å². The molecule has 3 N–H and O–H groups in total. The third-order valence-electron chi connectivity index (χ3n) is 3.39. The Kier molecular flexibility index (Phi) is 5.85. The maximum atomic E-state index is 13.8. The van der Waals surface area contributed by atoms with Crippen LogP contribution in [0, 0.1) is 11.6 Å². The minimum atomic E-state index is -4.91. The molecule has 0 saturated carbocycles. The van der Waals surface area contributed by atoms with E-state index >= 15 is 0 Å². The number of allylic oxidation sites excluding steroid dienone is 1. The Morgan fingerprint density at radius 2 is 1.74 bits per heavy atom. The Balaban J connectivity index is 2.42. The molecule has 4 nitrogen and oxygen atoms in total. The van der Waals surface area contributed by atoms with Crippen LogP contribution in [0.4, 0.5) is 27.6 Å². The molecule has 0 aliphatic carbocycles. The van der Waals surface area contributed by atoms with Crippen molar-refractivity contribution in [2.75, 3.05) is 0 Å². The number of hydrogen-bond acceptors (Lipinski definition) is 3. The van der Waals surface area contributed by atoms with Gasteiger partial charge in [-0.1, -0.05) is 17.7 Å². The number of nitrogens with zero attached hydrogens (tertiary/aromatic N) is 1. The van der Waals surface area contributed by atoms with Crippen LogP contribution < -0.4 is 5.73 Å². The number of carboxylic acid groups (broad SMARTS) is 1. The molecule has 0 radical (unpaired) electrons. The molecule has 0 aromatic heterocycles.